The lowest BCUT2D eigenvalue weighted by Crippen LogP contribution is -2.53. The lowest BCUT2D eigenvalue weighted by Gasteiger charge is -2.24. The smallest absolute Gasteiger partial charge is 0.467 e. The average Bonchev–Trinajstić information content (AvgIpc) is 0.848. The van der Waals surface area contributed by atoms with Crippen LogP contribution in [0, 0.1) is 44.4 Å². The number of nitrogens with zero attached hydrogens (tertiary/aromatic N) is 3. The zero-order chi connectivity index (χ0) is 89.3. The Hall–Kier alpha value is -12.9. The van der Waals surface area contributed by atoms with E-state index in [4.69, 9.17) is 53.8 Å². The number of phosphoric acid groups is 3. The number of nitrogens with one attached hydrogen (secondary N) is 9. The third kappa shape index (κ3) is 34.9. The number of phosphoric ester groups is 3. The minimum Gasteiger partial charge on any atom is -0.467 e. The number of hydrogen-bond donors (Lipinski definition) is 15. The highest BCUT2D eigenvalue weighted by Crippen LogP contribution is 2.40. The number of benzene rings is 8. The number of carbonyl (C=O) groups excluding carboxylic acids is 9. The predicted molar refractivity (Wildman–Crippen MR) is 451 cm³/mol. The standard InChI is InChI=1S/C30H34N5O7P.C30H33N4O7P.C24H28N3O8P/c1-19(2)16-26(29(37)33-24-7-5-6-23(18-24)32-4)35-30(38)27(34-28(36)21-10-12-22(31-3)13-11-21)17-20-8-14-25(15-9-20)42-43(39,40)41;1-19(2)16-26(29(36)32-24-7-5-6-20(3)17-24)34-30(37)27(33-28(35)22-10-12-23(31-4)13-11-22)18-21-8-14-25(15-9-21)41-42(38,39)40;1-15(2)13-21(24(30)34-4)27-23(29)20(26-22(28)17-7-9-18(25-3)10-8-17)14-16-5-11-19(12-6-16)35-36(31,32)33/h5-15,18-19,26-27,32H,16-17H2,1-2,4H3,(H,33,37)(H,34,36)(H,35,38)(H2,39,40,41);5-15,17,19,26-27H,16,18H2,1-3H3,(H,32,36)(H,33,35)(H,34,37)(H2,38,39,40);5-12,15,20-21H,13-14H2,1-2,4H3,(H,26,28)(H,27,29)(H2,31,32,33). The molecule has 37 heteroatoms. The number of aryl methyl sites for hydroxylation is 1. The summed E-state index contributed by atoms with van der Waals surface area (Å²) in [5.41, 5.74) is 6.32. The summed E-state index contributed by atoms with van der Waals surface area (Å²) in [5, 5.41) is 25.0. The second-order valence-electron chi connectivity index (χ2n) is 28.6. The Morgan fingerprint density at radius 2 is 0.645 bits per heavy atom. The Balaban J connectivity index is 0.000000282. The van der Waals surface area contributed by atoms with Gasteiger partial charge >= 0.3 is 29.4 Å². The molecule has 0 saturated heterocycles. The summed E-state index contributed by atoms with van der Waals surface area (Å²) in [4.78, 5) is 182. The molecular weight excluding hydrogens is 1620 g/mol. The minimum atomic E-state index is -4.75. The summed E-state index contributed by atoms with van der Waals surface area (Å²) in [6, 6.07) is 43.1. The Morgan fingerprint density at radius 1 is 0.364 bits per heavy atom. The quantitative estimate of drug-likeness (QED) is 0.00985. The zero-order valence-electron chi connectivity index (χ0n) is 67.3. The topological polar surface area (TPSA) is 484 Å². The van der Waals surface area contributed by atoms with Gasteiger partial charge in [0.05, 0.1) is 26.8 Å². The molecule has 8 rings (SSSR count). The van der Waals surface area contributed by atoms with Gasteiger partial charge in [-0.25, -0.2) is 33.0 Å². The van der Waals surface area contributed by atoms with Crippen LogP contribution in [0.3, 0.4) is 0 Å². The molecule has 0 fully saturated rings. The number of methoxy groups -OCH3 is 1. The maximum absolute atomic E-state index is 13.6. The van der Waals surface area contributed by atoms with E-state index in [1.54, 1.807) is 31.3 Å². The van der Waals surface area contributed by atoms with Crippen molar-refractivity contribution in [2.24, 2.45) is 17.8 Å². The van der Waals surface area contributed by atoms with Crippen molar-refractivity contribution in [2.75, 3.05) is 30.1 Å². The Morgan fingerprint density at radius 3 is 0.917 bits per heavy atom. The average molecular weight is 1720 g/mol. The molecule has 638 valence electrons. The van der Waals surface area contributed by atoms with Crippen molar-refractivity contribution in [3.05, 3.63) is 267 Å². The molecule has 0 bridgehead atoms. The van der Waals surface area contributed by atoms with Gasteiger partial charge in [0.2, 0.25) is 29.5 Å². The molecule has 8 aromatic rings. The fourth-order valence-electron chi connectivity index (χ4n) is 11.6. The molecule has 0 spiro atoms. The molecule has 0 heterocycles. The molecule has 0 radical (unpaired) electrons. The van der Waals surface area contributed by atoms with Crippen LogP contribution in [0.25, 0.3) is 14.5 Å². The fourth-order valence-corrected chi connectivity index (χ4v) is 12.8. The van der Waals surface area contributed by atoms with Gasteiger partial charge < -0.3 is 66.2 Å². The summed E-state index contributed by atoms with van der Waals surface area (Å²) in [6.07, 6.45) is 0.998. The van der Waals surface area contributed by atoms with E-state index in [0.29, 0.717) is 64.4 Å². The van der Waals surface area contributed by atoms with Gasteiger partial charge in [0.1, 0.15) is 53.5 Å². The van der Waals surface area contributed by atoms with Crippen molar-refractivity contribution >= 4 is 111 Å². The first-order chi connectivity index (χ1) is 57.1. The SMILES string of the molecule is [C-]#[N+]c1ccc(C(=O)NC(Cc2ccc(OP(=O)(O)O)cc2)C(=O)NC(CC(C)C)C(=O)Nc2cccc(C)c2)cc1.[C-]#[N+]c1ccc(C(=O)NC(Cc2ccc(OP(=O)(O)O)cc2)C(=O)NC(CC(C)C)C(=O)Nc2cccc(NC)c2)cc1.[C-]#[N+]c1ccc(C(=O)NC(Cc2ccc(OP(=O)(O)O)cc2)C(=O)NC(CC(C)C)C(=O)OC)cc1. The molecule has 6 unspecified atom stereocenters. The maximum Gasteiger partial charge on any atom is 0.524 e. The van der Waals surface area contributed by atoms with Gasteiger partial charge in [0, 0.05) is 60.1 Å². The van der Waals surface area contributed by atoms with Crippen LogP contribution < -0.4 is 61.4 Å². The van der Waals surface area contributed by atoms with Crippen molar-refractivity contribution in [2.45, 2.75) is 123 Å². The molecule has 8 amide bonds. The molecule has 0 aliphatic carbocycles. The van der Waals surface area contributed by atoms with Crippen LogP contribution in [0.15, 0.2) is 194 Å². The second-order valence-corrected chi connectivity index (χ2v) is 32.1. The normalized spacial score (nSPS) is 12.5. The van der Waals surface area contributed by atoms with Gasteiger partial charge in [0.25, 0.3) is 17.7 Å². The van der Waals surface area contributed by atoms with Crippen LogP contribution in [0.5, 0.6) is 17.2 Å². The van der Waals surface area contributed by atoms with Crippen LogP contribution in [-0.2, 0) is 66.5 Å². The number of hydrogen-bond acceptors (Lipinski definition) is 17. The summed E-state index contributed by atoms with van der Waals surface area (Å²) >= 11 is 0. The van der Waals surface area contributed by atoms with Crippen molar-refractivity contribution in [1.82, 2.24) is 31.9 Å². The molecule has 0 aromatic heterocycles. The molecule has 0 saturated carbocycles. The predicted octanol–water partition coefficient (Wildman–Crippen LogP) is 11.5. The molecule has 34 nitrogen and oxygen atoms in total. The van der Waals surface area contributed by atoms with Crippen LogP contribution in [0.2, 0.25) is 0 Å². The van der Waals surface area contributed by atoms with Gasteiger partial charge in [-0.05, 0) is 133 Å². The van der Waals surface area contributed by atoms with Gasteiger partial charge in [-0.15, -0.1) is 0 Å². The van der Waals surface area contributed by atoms with E-state index in [0.717, 1.165) is 11.3 Å². The van der Waals surface area contributed by atoms with Crippen molar-refractivity contribution < 1.29 is 105 Å². The number of rotatable bonds is 36. The van der Waals surface area contributed by atoms with E-state index in [-0.39, 0.29) is 71.0 Å². The summed E-state index contributed by atoms with van der Waals surface area (Å²) in [6.45, 7) is 34.6. The number of carbonyl (C=O) groups is 9. The zero-order valence-corrected chi connectivity index (χ0v) is 70.0. The van der Waals surface area contributed by atoms with Crippen LogP contribution in [0.1, 0.15) is 114 Å². The van der Waals surface area contributed by atoms with Gasteiger partial charge in [-0.2, -0.15) is 0 Å². The van der Waals surface area contributed by atoms with Crippen molar-refractivity contribution in [3.8, 4) is 17.2 Å². The fraction of sp³-hybridized carbons (Fsp3) is 0.286. The molecule has 0 aliphatic rings. The lowest BCUT2D eigenvalue weighted by atomic mass is 10.0. The van der Waals surface area contributed by atoms with Crippen LogP contribution in [0.4, 0.5) is 34.1 Å². The van der Waals surface area contributed by atoms with E-state index in [9.17, 15) is 56.8 Å². The Bertz CT molecular complexity index is 5180. The Kier molecular flexibility index (Phi) is 37.2. The number of esters is 1. The molecule has 15 N–H and O–H groups in total. The second kappa shape index (κ2) is 46.5. The van der Waals surface area contributed by atoms with E-state index < -0.39 is 113 Å². The van der Waals surface area contributed by atoms with Crippen molar-refractivity contribution in [3.63, 3.8) is 0 Å². The van der Waals surface area contributed by atoms with Gasteiger partial charge in [-0.1, -0.05) is 169 Å². The number of ether oxygens (including phenoxy) is 1. The minimum absolute atomic E-state index is 0.00178. The van der Waals surface area contributed by atoms with Crippen LogP contribution >= 0.6 is 23.5 Å². The highest BCUT2D eigenvalue weighted by molar-refractivity contribution is 7.47. The van der Waals surface area contributed by atoms with Crippen LogP contribution in [-0.4, -0.2) is 133 Å². The number of amides is 8. The van der Waals surface area contributed by atoms with E-state index in [1.807, 2.05) is 72.7 Å². The molecule has 8 aromatic carbocycles. The lowest BCUT2D eigenvalue weighted by molar-refractivity contribution is -0.145. The van der Waals surface area contributed by atoms with E-state index >= 15 is 0 Å². The first kappa shape index (κ1) is 96.9. The van der Waals surface area contributed by atoms with Gasteiger partial charge in [-0.3, -0.25) is 67.7 Å². The highest BCUT2D eigenvalue weighted by atomic mass is 31.2. The first-order valence-electron chi connectivity index (χ1n) is 37.4. The third-order valence-corrected chi connectivity index (χ3v) is 18.6. The maximum atomic E-state index is 13.6. The van der Waals surface area contributed by atoms with Gasteiger partial charge in [0.15, 0.2) is 17.1 Å². The van der Waals surface area contributed by atoms with Crippen molar-refractivity contribution in [1.29, 1.82) is 0 Å². The highest BCUT2D eigenvalue weighted by Gasteiger charge is 2.33. The molecular formula is C84H95N12O22P3. The Labute approximate surface area is 699 Å². The molecule has 121 heavy (non-hydrogen) atoms. The third-order valence-electron chi connectivity index (χ3n) is 17.3. The molecule has 0 aliphatic heterocycles. The number of anilines is 3. The first-order valence-corrected chi connectivity index (χ1v) is 42.0. The largest absolute Gasteiger partial charge is 0.524 e. The molecule has 6 atom stereocenters. The summed E-state index contributed by atoms with van der Waals surface area (Å²) in [7, 11) is -11.3. The monoisotopic (exact) mass is 1720 g/mol. The van der Waals surface area contributed by atoms with E-state index in [2.05, 4.69) is 76.0 Å². The van der Waals surface area contributed by atoms with E-state index in [1.165, 1.54) is 153 Å². The summed E-state index contributed by atoms with van der Waals surface area (Å²) < 4.78 is 51.8. The summed E-state index contributed by atoms with van der Waals surface area (Å²) in [5.74, 6) is -4.96.